The van der Waals surface area contributed by atoms with Crippen LogP contribution in [-0.4, -0.2) is 16.1 Å². The van der Waals surface area contributed by atoms with Gasteiger partial charge >= 0.3 is 5.97 Å². The fourth-order valence-electron chi connectivity index (χ4n) is 1.40. The van der Waals surface area contributed by atoms with E-state index >= 15 is 0 Å². The Labute approximate surface area is 103 Å². The van der Waals surface area contributed by atoms with Crippen LogP contribution in [0.15, 0.2) is 36.5 Å². The van der Waals surface area contributed by atoms with Crippen molar-refractivity contribution in [1.29, 1.82) is 0 Å². The Hall–Kier alpha value is -2.43. The first-order valence-electron chi connectivity index (χ1n) is 5.19. The number of carboxylic acids is 1. The fraction of sp³-hybridized carbons (Fsp3) is 0.0769. The molecule has 0 amide bonds. The van der Waals surface area contributed by atoms with E-state index in [4.69, 9.17) is 9.84 Å². The van der Waals surface area contributed by atoms with Crippen molar-refractivity contribution in [3.05, 3.63) is 53.5 Å². The van der Waals surface area contributed by atoms with Gasteiger partial charge in [-0.1, -0.05) is 0 Å². The number of rotatable bonds is 3. The minimum absolute atomic E-state index is 0.0963. The van der Waals surface area contributed by atoms with Gasteiger partial charge in [-0.3, -0.25) is 0 Å². The van der Waals surface area contributed by atoms with Crippen LogP contribution in [0.25, 0.3) is 0 Å². The lowest BCUT2D eigenvalue weighted by atomic mass is 10.2. The zero-order valence-electron chi connectivity index (χ0n) is 9.55. The number of hydrogen-bond donors (Lipinski definition) is 1. The number of nitrogens with zero attached hydrogens (tertiary/aromatic N) is 1. The van der Waals surface area contributed by atoms with Crippen LogP contribution in [-0.2, 0) is 0 Å². The van der Waals surface area contributed by atoms with E-state index in [-0.39, 0.29) is 11.4 Å². The number of aromatic nitrogens is 1. The molecule has 5 heteroatoms. The third-order valence-electron chi connectivity index (χ3n) is 2.31. The summed E-state index contributed by atoms with van der Waals surface area (Å²) in [7, 11) is 0. The van der Waals surface area contributed by atoms with Crippen LogP contribution >= 0.6 is 0 Å². The predicted molar refractivity (Wildman–Crippen MR) is 62.4 cm³/mol. The molecule has 2 aromatic rings. The van der Waals surface area contributed by atoms with E-state index in [0.717, 1.165) is 0 Å². The number of halogens is 1. The van der Waals surface area contributed by atoms with Gasteiger partial charge in [-0.05, 0) is 37.3 Å². The van der Waals surface area contributed by atoms with E-state index in [1.54, 1.807) is 6.92 Å². The number of benzene rings is 1. The number of hydrogen-bond acceptors (Lipinski definition) is 3. The van der Waals surface area contributed by atoms with Crippen LogP contribution in [0.4, 0.5) is 4.39 Å². The maximum Gasteiger partial charge on any atom is 0.337 e. The van der Waals surface area contributed by atoms with Crippen LogP contribution in [0.5, 0.6) is 11.6 Å². The number of carboxylic acid groups (broad SMARTS) is 1. The summed E-state index contributed by atoms with van der Waals surface area (Å²) in [5.41, 5.74) is 0.693. The Morgan fingerprint density at radius 1 is 1.33 bits per heavy atom. The lowest BCUT2D eigenvalue weighted by molar-refractivity contribution is 0.0696. The van der Waals surface area contributed by atoms with Crippen molar-refractivity contribution in [2.24, 2.45) is 0 Å². The fourth-order valence-corrected chi connectivity index (χ4v) is 1.40. The summed E-state index contributed by atoms with van der Waals surface area (Å²) >= 11 is 0. The Bertz CT molecular complexity index is 581. The maximum atomic E-state index is 12.7. The summed E-state index contributed by atoms with van der Waals surface area (Å²) in [5, 5.41) is 8.80. The number of pyridine rings is 1. The van der Waals surface area contributed by atoms with Crippen LogP contribution in [0.1, 0.15) is 15.9 Å². The molecular weight excluding hydrogens is 237 g/mol. The van der Waals surface area contributed by atoms with Gasteiger partial charge in [0.1, 0.15) is 11.6 Å². The standard InChI is InChI=1S/C13H10FNO3/c1-8-6-9(13(16)17)7-15-12(8)18-11-4-2-10(14)3-5-11/h2-7H,1H3,(H,16,17). The molecule has 0 saturated carbocycles. The van der Waals surface area contributed by atoms with E-state index in [1.165, 1.54) is 36.5 Å². The van der Waals surface area contributed by atoms with Gasteiger partial charge in [0.15, 0.2) is 0 Å². The Morgan fingerprint density at radius 2 is 2.00 bits per heavy atom. The van der Waals surface area contributed by atoms with Gasteiger partial charge in [-0.2, -0.15) is 0 Å². The number of carbonyl (C=O) groups is 1. The third kappa shape index (κ3) is 2.63. The molecule has 92 valence electrons. The first-order valence-corrected chi connectivity index (χ1v) is 5.19. The van der Waals surface area contributed by atoms with E-state index < -0.39 is 5.97 Å². The van der Waals surface area contributed by atoms with Crippen LogP contribution in [0.2, 0.25) is 0 Å². The molecule has 0 saturated heterocycles. The molecule has 1 aromatic heterocycles. The van der Waals surface area contributed by atoms with Crippen molar-refractivity contribution in [3.63, 3.8) is 0 Å². The summed E-state index contributed by atoms with van der Waals surface area (Å²) in [5.74, 6) is -0.658. The second-order valence-corrected chi connectivity index (χ2v) is 3.71. The van der Waals surface area contributed by atoms with Crippen molar-refractivity contribution in [3.8, 4) is 11.6 Å². The maximum absolute atomic E-state index is 12.7. The topological polar surface area (TPSA) is 59.4 Å². The van der Waals surface area contributed by atoms with Crippen LogP contribution < -0.4 is 4.74 Å². The molecule has 0 atom stereocenters. The summed E-state index contributed by atoms with van der Waals surface area (Å²) in [6, 6.07) is 6.96. The molecule has 2 rings (SSSR count). The van der Waals surface area contributed by atoms with Gasteiger partial charge < -0.3 is 9.84 Å². The van der Waals surface area contributed by atoms with Gasteiger partial charge in [-0.25, -0.2) is 14.2 Å². The Balaban J connectivity index is 2.24. The highest BCUT2D eigenvalue weighted by Crippen LogP contribution is 2.23. The number of aryl methyl sites for hydroxylation is 1. The lowest BCUT2D eigenvalue weighted by Crippen LogP contribution is -1.99. The normalized spacial score (nSPS) is 10.1. The van der Waals surface area contributed by atoms with Crippen molar-refractivity contribution >= 4 is 5.97 Å². The number of aromatic carboxylic acids is 1. The van der Waals surface area contributed by atoms with Crippen LogP contribution in [0, 0.1) is 12.7 Å². The van der Waals surface area contributed by atoms with Crippen molar-refractivity contribution in [1.82, 2.24) is 4.98 Å². The smallest absolute Gasteiger partial charge is 0.337 e. The van der Waals surface area contributed by atoms with E-state index in [9.17, 15) is 9.18 Å². The highest BCUT2D eigenvalue weighted by Gasteiger charge is 2.08. The van der Waals surface area contributed by atoms with Gasteiger partial charge in [0.2, 0.25) is 5.88 Å². The highest BCUT2D eigenvalue weighted by atomic mass is 19.1. The molecule has 1 heterocycles. The van der Waals surface area contributed by atoms with Crippen LogP contribution in [0.3, 0.4) is 0 Å². The summed E-state index contributed by atoms with van der Waals surface area (Å²) in [6.45, 7) is 1.69. The molecular formula is C13H10FNO3. The lowest BCUT2D eigenvalue weighted by Gasteiger charge is -2.07. The van der Waals surface area contributed by atoms with Gasteiger partial charge in [0.25, 0.3) is 0 Å². The number of ether oxygens (including phenoxy) is 1. The highest BCUT2D eigenvalue weighted by molar-refractivity contribution is 5.87. The predicted octanol–water partition coefficient (Wildman–Crippen LogP) is 3.02. The third-order valence-corrected chi connectivity index (χ3v) is 2.31. The van der Waals surface area contributed by atoms with Gasteiger partial charge in [0.05, 0.1) is 5.56 Å². The van der Waals surface area contributed by atoms with Crippen molar-refractivity contribution < 1.29 is 19.0 Å². The van der Waals surface area contributed by atoms with E-state index in [2.05, 4.69) is 4.98 Å². The zero-order valence-corrected chi connectivity index (χ0v) is 9.55. The Kier molecular flexibility index (Phi) is 3.23. The minimum Gasteiger partial charge on any atom is -0.478 e. The molecule has 0 spiro atoms. The monoisotopic (exact) mass is 247 g/mol. The molecule has 0 aliphatic rings. The minimum atomic E-state index is -1.04. The Morgan fingerprint density at radius 3 is 2.56 bits per heavy atom. The molecule has 0 aliphatic carbocycles. The molecule has 1 N–H and O–H groups in total. The molecule has 0 radical (unpaired) electrons. The molecule has 0 aliphatic heterocycles. The SMILES string of the molecule is Cc1cc(C(=O)O)cnc1Oc1ccc(F)cc1. The zero-order chi connectivity index (χ0) is 13.1. The largest absolute Gasteiger partial charge is 0.478 e. The molecule has 1 aromatic carbocycles. The average molecular weight is 247 g/mol. The first kappa shape index (κ1) is 12.0. The molecule has 0 unspecified atom stereocenters. The molecule has 0 fully saturated rings. The quantitative estimate of drug-likeness (QED) is 0.905. The summed E-state index contributed by atoms with van der Waals surface area (Å²) in [6.07, 6.45) is 1.22. The second-order valence-electron chi connectivity index (χ2n) is 3.71. The van der Waals surface area contributed by atoms with Gasteiger partial charge in [-0.15, -0.1) is 0 Å². The summed E-state index contributed by atoms with van der Waals surface area (Å²) in [4.78, 5) is 14.7. The molecule has 0 bridgehead atoms. The molecule has 18 heavy (non-hydrogen) atoms. The molecule has 4 nitrogen and oxygen atoms in total. The van der Waals surface area contributed by atoms with Crippen molar-refractivity contribution in [2.45, 2.75) is 6.92 Å². The first-order chi connectivity index (χ1) is 8.56. The average Bonchev–Trinajstić information content (AvgIpc) is 2.34. The van der Waals surface area contributed by atoms with Gasteiger partial charge in [0, 0.05) is 11.8 Å². The second kappa shape index (κ2) is 4.83. The van der Waals surface area contributed by atoms with E-state index in [0.29, 0.717) is 17.2 Å². The summed E-state index contributed by atoms with van der Waals surface area (Å²) < 4.78 is 18.1. The van der Waals surface area contributed by atoms with Crippen molar-refractivity contribution in [2.75, 3.05) is 0 Å². The van der Waals surface area contributed by atoms with E-state index in [1.807, 2.05) is 0 Å².